The van der Waals surface area contributed by atoms with Crippen LogP contribution >= 0.6 is 0 Å². The van der Waals surface area contributed by atoms with Crippen molar-refractivity contribution < 1.29 is 4.57 Å². The van der Waals surface area contributed by atoms with Crippen LogP contribution in [0.1, 0.15) is 20.8 Å². The second kappa shape index (κ2) is 3.65. The SMILES string of the molecule is CN1[C]N(CC(C)(C)C)c2ccc[n+](C)c21. The predicted molar refractivity (Wildman–Crippen MR) is 66.1 cm³/mol. The number of rotatable bonds is 1. The molecule has 0 spiro atoms. The maximum atomic E-state index is 3.36. The average Bonchev–Trinajstić information content (AvgIpc) is 2.42. The Labute approximate surface area is 98.3 Å². The number of nitrogens with zero attached hydrogens (tertiary/aromatic N) is 3. The molecule has 2 rings (SSSR count). The minimum Gasteiger partial charge on any atom is -0.312 e. The van der Waals surface area contributed by atoms with E-state index in [1.165, 1.54) is 11.5 Å². The molecule has 3 heteroatoms. The molecule has 2 heterocycles. The summed E-state index contributed by atoms with van der Waals surface area (Å²) in [5, 5.41) is 0. The van der Waals surface area contributed by atoms with Crippen LogP contribution in [0, 0.1) is 12.1 Å². The van der Waals surface area contributed by atoms with Crippen molar-refractivity contribution in [1.82, 2.24) is 0 Å². The molecule has 0 aromatic carbocycles. The van der Waals surface area contributed by atoms with E-state index in [0.29, 0.717) is 0 Å². The minimum atomic E-state index is 0.268. The van der Waals surface area contributed by atoms with Crippen LogP contribution in [-0.4, -0.2) is 13.6 Å². The van der Waals surface area contributed by atoms with E-state index in [1.807, 2.05) is 7.05 Å². The molecule has 0 aliphatic carbocycles. The molecule has 1 aromatic rings. The van der Waals surface area contributed by atoms with E-state index in [0.717, 1.165) is 6.54 Å². The van der Waals surface area contributed by atoms with Crippen molar-refractivity contribution in [2.24, 2.45) is 12.5 Å². The molecule has 86 valence electrons. The number of anilines is 2. The van der Waals surface area contributed by atoms with Gasteiger partial charge in [-0.1, -0.05) is 20.8 Å². The van der Waals surface area contributed by atoms with E-state index in [4.69, 9.17) is 0 Å². The topological polar surface area (TPSA) is 10.4 Å². The normalized spacial score (nSPS) is 15.6. The van der Waals surface area contributed by atoms with Gasteiger partial charge in [-0.25, -0.2) is 9.47 Å². The summed E-state index contributed by atoms with van der Waals surface area (Å²) in [6.45, 7) is 11.1. The molecule has 0 fully saturated rings. The second-order valence-corrected chi connectivity index (χ2v) is 5.63. The smallest absolute Gasteiger partial charge is 0.312 e. The van der Waals surface area contributed by atoms with Gasteiger partial charge >= 0.3 is 12.5 Å². The third-order valence-corrected chi connectivity index (χ3v) is 2.64. The number of aryl methyl sites for hydroxylation is 1. The molecule has 1 aromatic heterocycles. The Balaban J connectivity index is 2.33. The molecule has 0 N–H and O–H groups in total. The van der Waals surface area contributed by atoms with Crippen molar-refractivity contribution >= 4 is 11.5 Å². The largest absolute Gasteiger partial charge is 0.322 e. The lowest BCUT2D eigenvalue weighted by atomic mass is 9.96. The van der Waals surface area contributed by atoms with Gasteiger partial charge < -0.3 is 4.90 Å². The van der Waals surface area contributed by atoms with Crippen LogP contribution in [-0.2, 0) is 7.05 Å². The van der Waals surface area contributed by atoms with Gasteiger partial charge in [0.15, 0.2) is 0 Å². The molecule has 0 atom stereocenters. The van der Waals surface area contributed by atoms with Crippen molar-refractivity contribution in [2.45, 2.75) is 20.8 Å². The van der Waals surface area contributed by atoms with Gasteiger partial charge in [-0.15, -0.1) is 0 Å². The Kier molecular flexibility index (Phi) is 2.56. The van der Waals surface area contributed by atoms with Crippen molar-refractivity contribution in [3.8, 4) is 0 Å². The first-order chi connectivity index (χ1) is 7.38. The van der Waals surface area contributed by atoms with Crippen LogP contribution in [0.15, 0.2) is 18.3 Å². The van der Waals surface area contributed by atoms with Crippen LogP contribution in [0.25, 0.3) is 0 Å². The van der Waals surface area contributed by atoms with E-state index < -0.39 is 0 Å². The summed E-state index contributed by atoms with van der Waals surface area (Å²) in [7, 11) is 4.11. The molecular weight excluding hydrogens is 198 g/mol. The molecule has 0 saturated heterocycles. The third kappa shape index (κ3) is 1.99. The molecular formula is C13H20N3+. The zero-order valence-electron chi connectivity index (χ0n) is 10.8. The Morgan fingerprint density at radius 3 is 2.69 bits per heavy atom. The van der Waals surface area contributed by atoms with Crippen molar-refractivity contribution in [2.75, 3.05) is 23.4 Å². The summed E-state index contributed by atoms with van der Waals surface area (Å²) >= 11 is 0. The fourth-order valence-electron chi connectivity index (χ4n) is 2.09. The number of pyridine rings is 1. The maximum Gasteiger partial charge on any atom is 0.322 e. The van der Waals surface area contributed by atoms with Gasteiger partial charge in [-0.05, 0) is 17.5 Å². The first kappa shape index (κ1) is 11.2. The Hall–Kier alpha value is -1.25. The predicted octanol–water partition coefficient (Wildman–Crippen LogP) is 1.81. The minimum absolute atomic E-state index is 0.268. The van der Waals surface area contributed by atoms with Crippen LogP contribution in [0.5, 0.6) is 0 Å². The first-order valence-electron chi connectivity index (χ1n) is 5.65. The lowest BCUT2D eigenvalue weighted by Crippen LogP contribution is -2.33. The number of aromatic nitrogens is 1. The molecule has 0 saturated carbocycles. The molecule has 3 nitrogen and oxygen atoms in total. The van der Waals surface area contributed by atoms with Crippen LogP contribution in [0.3, 0.4) is 0 Å². The third-order valence-electron chi connectivity index (χ3n) is 2.64. The number of hydrogen-bond acceptors (Lipinski definition) is 2. The molecule has 0 unspecified atom stereocenters. The first-order valence-corrected chi connectivity index (χ1v) is 5.65. The van der Waals surface area contributed by atoms with E-state index >= 15 is 0 Å². The monoisotopic (exact) mass is 218 g/mol. The molecule has 0 amide bonds. The highest BCUT2D eigenvalue weighted by Crippen LogP contribution is 2.35. The zero-order chi connectivity index (χ0) is 11.9. The van der Waals surface area contributed by atoms with E-state index in [9.17, 15) is 0 Å². The van der Waals surface area contributed by atoms with Crippen LogP contribution in [0.2, 0.25) is 0 Å². The van der Waals surface area contributed by atoms with Gasteiger partial charge in [0.2, 0.25) is 0 Å². The number of fused-ring (bicyclic) bond motifs is 1. The summed E-state index contributed by atoms with van der Waals surface area (Å²) in [4.78, 5) is 4.26. The highest BCUT2D eigenvalue weighted by molar-refractivity contribution is 5.71. The molecule has 16 heavy (non-hydrogen) atoms. The van der Waals surface area contributed by atoms with E-state index in [-0.39, 0.29) is 5.41 Å². The van der Waals surface area contributed by atoms with Gasteiger partial charge in [-0.3, -0.25) is 0 Å². The van der Waals surface area contributed by atoms with Crippen molar-refractivity contribution in [1.29, 1.82) is 0 Å². The highest BCUT2D eigenvalue weighted by atomic mass is 15.4. The summed E-state index contributed by atoms with van der Waals surface area (Å²) in [5.74, 6) is 1.20. The summed E-state index contributed by atoms with van der Waals surface area (Å²) < 4.78 is 2.13. The van der Waals surface area contributed by atoms with E-state index in [2.05, 4.69) is 67.2 Å². The van der Waals surface area contributed by atoms with Gasteiger partial charge in [0, 0.05) is 6.54 Å². The zero-order valence-corrected chi connectivity index (χ0v) is 10.8. The Bertz CT molecular complexity index is 393. The van der Waals surface area contributed by atoms with Crippen molar-refractivity contribution in [3.05, 3.63) is 25.0 Å². The molecule has 2 radical (unpaired) electrons. The molecule has 1 aliphatic heterocycles. The Morgan fingerprint density at radius 1 is 1.38 bits per heavy atom. The van der Waals surface area contributed by atoms with Gasteiger partial charge in [-0.2, -0.15) is 0 Å². The van der Waals surface area contributed by atoms with E-state index in [1.54, 1.807) is 0 Å². The average molecular weight is 218 g/mol. The summed E-state index contributed by atoms with van der Waals surface area (Å²) in [6.07, 6.45) is 2.07. The van der Waals surface area contributed by atoms with Crippen LogP contribution < -0.4 is 14.4 Å². The lowest BCUT2D eigenvalue weighted by Gasteiger charge is -2.24. The standard InChI is InChI=1S/C13H20N3/c1-13(2,3)9-16-10-15(5)12-11(16)7-6-8-14(12)4/h6-8H,9H2,1-5H3/q+1. The highest BCUT2D eigenvalue weighted by Gasteiger charge is 2.36. The molecule has 1 aliphatic rings. The van der Waals surface area contributed by atoms with Gasteiger partial charge in [0.05, 0.1) is 20.3 Å². The maximum absolute atomic E-state index is 3.36. The summed E-state index contributed by atoms with van der Waals surface area (Å²) in [5.41, 5.74) is 1.51. The lowest BCUT2D eigenvalue weighted by molar-refractivity contribution is -0.657. The fourth-order valence-corrected chi connectivity index (χ4v) is 2.09. The van der Waals surface area contributed by atoms with Crippen molar-refractivity contribution in [3.63, 3.8) is 0 Å². The van der Waals surface area contributed by atoms with Crippen LogP contribution in [0.4, 0.5) is 11.5 Å². The fraction of sp³-hybridized carbons (Fsp3) is 0.538. The number of hydrogen-bond donors (Lipinski definition) is 0. The second-order valence-electron chi connectivity index (χ2n) is 5.63. The summed E-state index contributed by atoms with van der Waals surface area (Å²) in [6, 6.07) is 4.23. The molecule has 0 bridgehead atoms. The Morgan fingerprint density at radius 2 is 2.06 bits per heavy atom. The quantitative estimate of drug-likeness (QED) is 0.665. The van der Waals surface area contributed by atoms with Gasteiger partial charge in [0.1, 0.15) is 5.69 Å². The van der Waals surface area contributed by atoms with Gasteiger partial charge in [0.25, 0.3) is 0 Å².